The lowest BCUT2D eigenvalue weighted by Crippen LogP contribution is -2.30. The molecule has 0 spiro atoms. The number of aryl methyl sites for hydroxylation is 1. The summed E-state index contributed by atoms with van der Waals surface area (Å²) in [6, 6.07) is 14.2. The lowest BCUT2D eigenvalue weighted by molar-refractivity contribution is 0.0985. The van der Waals surface area contributed by atoms with Crippen LogP contribution in [0.3, 0.4) is 0 Å². The van der Waals surface area contributed by atoms with E-state index in [1.807, 2.05) is 25.1 Å². The molecular formula is C19H15FN2O. The highest BCUT2D eigenvalue weighted by Gasteiger charge is 2.28. The van der Waals surface area contributed by atoms with Gasteiger partial charge in [-0.05, 0) is 48.7 Å². The summed E-state index contributed by atoms with van der Waals surface area (Å²) in [6.07, 6.45) is 0.742. The molecule has 4 heteroatoms. The monoisotopic (exact) mass is 306 g/mol. The van der Waals surface area contributed by atoms with E-state index in [-0.39, 0.29) is 11.5 Å². The zero-order valence-corrected chi connectivity index (χ0v) is 12.7. The van der Waals surface area contributed by atoms with Gasteiger partial charge in [-0.2, -0.15) is 0 Å². The normalized spacial score (nSPS) is 13.4. The molecule has 1 aromatic heterocycles. The van der Waals surface area contributed by atoms with Gasteiger partial charge in [-0.3, -0.25) is 9.69 Å². The van der Waals surface area contributed by atoms with Crippen LogP contribution in [0.2, 0.25) is 0 Å². The van der Waals surface area contributed by atoms with Gasteiger partial charge in [-0.1, -0.05) is 24.3 Å². The van der Waals surface area contributed by atoms with E-state index in [4.69, 9.17) is 0 Å². The van der Waals surface area contributed by atoms with Crippen LogP contribution in [0.1, 0.15) is 21.5 Å². The Kier molecular flexibility index (Phi) is 3.11. The summed E-state index contributed by atoms with van der Waals surface area (Å²) in [6.45, 7) is 2.54. The van der Waals surface area contributed by atoms with Crippen molar-refractivity contribution in [2.75, 3.05) is 11.4 Å². The van der Waals surface area contributed by atoms with Crippen molar-refractivity contribution in [3.8, 4) is 0 Å². The molecule has 4 rings (SSSR count). The molecule has 0 saturated carbocycles. The van der Waals surface area contributed by atoms with Crippen molar-refractivity contribution in [2.45, 2.75) is 13.3 Å². The number of nitrogens with zero attached hydrogens (tertiary/aromatic N) is 2. The molecule has 3 aromatic rings. The first-order valence-corrected chi connectivity index (χ1v) is 7.60. The van der Waals surface area contributed by atoms with Gasteiger partial charge in [0.05, 0.1) is 11.1 Å². The van der Waals surface area contributed by atoms with Crippen LogP contribution in [0, 0.1) is 12.7 Å². The second-order valence-corrected chi connectivity index (χ2v) is 5.85. The highest BCUT2D eigenvalue weighted by atomic mass is 19.1. The molecule has 0 bridgehead atoms. The molecule has 0 aliphatic carbocycles. The van der Waals surface area contributed by atoms with E-state index in [1.165, 1.54) is 12.1 Å². The van der Waals surface area contributed by atoms with Crippen molar-refractivity contribution < 1.29 is 9.18 Å². The largest absolute Gasteiger partial charge is 0.292 e. The molecule has 1 aliphatic heterocycles. The van der Waals surface area contributed by atoms with Gasteiger partial charge in [0, 0.05) is 11.9 Å². The summed E-state index contributed by atoms with van der Waals surface area (Å²) in [5.41, 5.74) is 3.10. The van der Waals surface area contributed by atoms with E-state index in [0.29, 0.717) is 12.4 Å². The van der Waals surface area contributed by atoms with Crippen molar-refractivity contribution in [2.24, 2.45) is 0 Å². The minimum Gasteiger partial charge on any atom is -0.292 e. The fraction of sp³-hybridized carbons (Fsp3) is 0.158. The number of anilines is 1. The lowest BCUT2D eigenvalue weighted by atomic mass is 10.1. The third-order valence-corrected chi connectivity index (χ3v) is 4.24. The molecular weight excluding hydrogens is 291 g/mol. The van der Waals surface area contributed by atoms with Crippen LogP contribution in [0.15, 0.2) is 48.5 Å². The number of carbonyl (C=O) groups excluding carboxylic acids is 1. The molecule has 114 valence electrons. The van der Waals surface area contributed by atoms with Crippen LogP contribution in [-0.2, 0) is 6.42 Å². The second-order valence-electron chi connectivity index (χ2n) is 5.85. The van der Waals surface area contributed by atoms with Gasteiger partial charge in [0.2, 0.25) is 0 Å². The van der Waals surface area contributed by atoms with Crippen LogP contribution in [0.4, 0.5) is 10.2 Å². The third kappa shape index (κ3) is 2.27. The van der Waals surface area contributed by atoms with Gasteiger partial charge in [-0.15, -0.1) is 0 Å². The van der Waals surface area contributed by atoms with Gasteiger partial charge in [0.15, 0.2) is 0 Å². The van der Waals surface area contributed by atoms with Gasteiger partial charge in [0.1, 0.15) is 11.6 Å². The Labute approximate surface area is 133 Å². The first-order valence-electron chi connectivity index (χ1n) is 7.60. The Balaban J connectivity index is 1.80. The molecule has 0 atom stereocenters. The van der Waals surface area contributed by atoms with E-state index in [2.05, 4.69) is 11.1 Å². The van der Waals surface area contributed by atoms with Crippen LogP contribution in [0.5, 0.6) is 0 Å². The first-order chi connectivity index (χ1) is 11.1. The zero-order valence-electron chi connectivity index (χ0n) is 12.7. The molecule has 2 heterocycles. The van der Waals surface area contributed by atoms with E-state index in [1.54, 1.807) is 17.0 Å². The SMILES string of the molecule is Cc1ccc2cc3c(nc2c1)N(C(=O)c1ccccc1F)CC3. The van der Waals surface area contributed by atoms with E-state index < -0.39 is 5.82 Å². The Morgan fingerprint density at radius 3 is 2.83 bits per heavy atom. The maximum atomic E-state index is 13.9. The third-order valence-electron chi connectivity index (χ3n) is 4.24. The Hall–Kier alpha value is -2.75. The Bertz CT molecular complexity index is 936. The number of amides is 1. The average Bonchev–Trinajstić information content (AvgIpc) is 2.95. The van der Waals surface area contributed by atoms with E-state index in [9.17, 15) is 9.18 Å². The highest BCUT2D eigenvalue weighted by Crippen LogP contribution is 2.31. The predicted octanol–water partition coefficient (Wildman–Crippen LogP) is 3.89. The van der Waals surface area contributed by atoms with Crippen molar-refractivity contribution in [3.63, 3.8) is 0 Å². The number of hydrogen-bond acceptors (Lipinski definition) is 2. The smallest absolute Gasteiger partial charge is 0.262 e. The molecule has 3 nitrogen and oxygen atoms in total. The summed E-state index contributed by atoms with van der Waals surface area (Å²) in [5.74, 6) is -0.180. The summed E-state index contributed by atoms with van der Waals surface area (Å²) in [7, 11) is 0. The number of carbonyl (C=O) groups is 1. The molecule has 1 amide bonds. The number of rotatable bonds is 1. The molecule has 23 heavy (non-hydrogen) atoms. The molecule has 0 fully saturated rings. The van der Waals surface area contributed by atoms with E-state index >= 15 is 0 Å². The number of fused-ring (bicyclic) bond motifs is 2. The van der Waals surface area contributed by atoms with Crippen LogP contribution < -0.4 is 4.90 Å². The van der Waals surface area contributed by atoms with Gasteiger partial charge >= 0.3 is 0 Å². The van der Waals surface area contributed by atoms with Crippen molar-refractivity contribution >= 4 is 22.6 Å². The molecule has 2 aromatic carbocycles. The fourth-order valence-corrected chi connectivity index (χ4v) is 3.04. The number of aromatic nitrogens is 1. The summed E-state index contributed by atoms with van der Waals surface area (Å²) in [5, 5.41) is 1.06. The van der Waals surface area contributed by atoms with Crippen molar-refractivity contribution in [3.05, 3.63) is 71.0 Å². The highest BCUT2D eigenvalue weighted by molar-refractivity contribution is 6.07. The van der Waals surface area contributed by atoms with Crippen LogP contribution >= 0.6 is 0 Å². The Morgan fingerprint density at radius 1 is 1.17 bits per heavy atom. The summed E-state index contributed by atoms with van der Waals surface area (Å²) >= 11 is 0. The molecule has 0 radical (unpaired) electrons. The molecule has 1 aliphatic rings. The molecule has 0 saturated heterocycles. The van der Waals surface area contributed by atoms with Crippen LogP contribution in [-0.4, -0.2) is 17.4 Å². The minimum atomic E-state index is -0.498. The maximum absolute atomic E-state index is 13.9. The predicted molar refractivity (Wildman–Crippen MR) is 88.3 cm³/mol. The van der Waals surface area contributed by atoms with E-state index in [0.717, 1.165) is 28.5 Å². The standard InChI is InChI=1S/C19H15FN2O/c1-12-6-7-13-11-14-8-9-22(18(14)21-17(13)10-12)19(23)15-4-2-3-5-16(15)20/h2-7,10-11H,8-9H2,1H3. The van der Waals surface area contributed by atoms with Crippen molar-refractivity contribution in [1.29, 1.82) is 0 Å². The van der Waals surface area contributed by atoms with Gasteiger partial charge in [0.25, 0.3) is 5.91 Å². The minimum absolute atomic E-state index is 0.0893. The fourth-order valence-electron chi connectivity index (χ4n) is 3.04. The van der Waals surface area contributed by atoms with Crippen LogP contribution in [0.25, 0.3) is 10.9 Å². The number of hydrogen-bond donors (Lipinski definition) is 0. The first kappa shape index (κ1) is 13.9. The molecule has 0 unspecified atom stereocenters. The van der Waals surface area contributed by atoms with Crippen molar-refractivity contribution in [1.82, 2.24) is 4.98 Å². The lowest BCUT2D eigenvalue weighted by Gasteiger charge is -2.17. The van der Waals surface area contributed by atoms with Gasteiger partial charge < -0.3 is 0 Å². The quantitative estimate of drug-likeness (QED) is 0.683. The summed E-state index contributed by atoms with van der Waals surface area (Å²) < 4.78 is 13.9. The number of pyridine rings is 1. The van der Waals surface area contributed by atoms with Gasteiger partial charge in [-0.25, -0.2) is 9.37 Å². The Morgan fingerprint density at radius 2 is 2.00 bits per heavy atom. The average molecular weight is 306 g/mol. The number of halogens is 1. The zero-order chi connectivity index (χ0) is 16.0. The topological polar surface area (TPSA) is 33.2 Å². The summed E-state index contributed by atoms with van der Waals surface area (Å²) in [4.78, 5) is 18.9. The maximum Gasteiger partial charge on any atom is 0.262 e. The number of benzene rings is 2. The second kappa shape index (κ2) is 5.16. The molecule has 0 N–H and O–H groups in total.